The molecular weight excluding hydrogens is 217 g/mol. The number of hydrogen-bond donors (Lipinski definition) is 2. The van der Waals surface area contributed by atoms with Crippen LogP contribution in [0, 0.1) is 12.7 Å². The van der Waals surface area contributed by atoms with E-state index in [4.69, 9.17) is 5.73 Å². The minimum absolute atomic E-state index is 0.308. The van der Waals surface area contributed by atoms with Crippen LogP contribution in [0.2, 0.25) is 0 Å². The fraction of sp³-hybridized carbons (Fsp3) is 0.143. The van der Waals surface area contributed by atoms with Crippen molar-refractivity contribution in [1.29, 1.82) is 0 Å². The zero-order chi connectivity index (χ0) is 12.4. The Labute approximate surface area is 99.5 Å². The molecule has 3 heteroatoms. The topological polar surface area (TPSA) is 46.2 Å². The molecule has 0 aliphatic heterocycles. The predicted octanol–water partition coefficient (Wildman–Crippen LogP) is 2.80. The van der Waals surface area contributed by atoms with Crippen molar-refractivity contribution in [3.8, 4) is 0 Å². The van der Waals surface area contributed by atoms with Gasteiger partial charge in [0.1, 0.15) is 11.9 Å². The van der Waals surface area contributed by atoms with E-state index in [2.05, 4.69) is 0 Å². The van der Waals surface area contributed by atoms with Crippen LogP contribution in [0.25, 0.3) is 0 Å². The van der Waals surface area contributed by atoms with Gasteiger partial charge in [0.05, 0.1) is 0 Å². The van der Waals surface area contributed by atoms with E-state index in [0.717, 1.165) is 0 Å². The Bertz CT molecular complexity index is 522. The van der Waals surface area contributed by atoms with E-state index in [1.807, 2.05) is 0 Å². The van der Waals surface area contributed by atoms with Gasteiger partial charge in [0.2, 0.25) is 0 Å². The van der Waals surface area contributed by atoms with Crippen LogP contribution in [0.3, 0.4) is 0 Å². The number of aliphatic hydroxyl groups excluding tert-OH is 1. The number of benzene rings is 2. The third-order valence-electron chi connectivity index (χ3n) is 2.76. The van der Waals surface area contributed by atoms with E-state index < -0.39 is 6.10 Å². The van der Waals surface area contributed by atoms with E-state index in [0.29, 0.717) is 22.4 Å². The van der Waals surface area contributed by atoms with Gasteiger partial charge >= 0.3 is 0 Å². The van der Waals surface area contributed by atoms with Crippen molar-refractivity contribution >= 4 is 5.69 Å². The monoisotopic (exact) mass is 231 g/mol. The van der Waals surface area contributed by atoms with Crippen molar-refractivity contribution in [2.75, 3.05) is 5.73 Å². The van der Waals surface area contributed by atoms with Crippen LogP contribution < -0.4 is 5.73 Å². The summed E-state index contributed by atoms with van der Waals surface area (Å²) in [6.07, 6.45) is -0.828. The number of nitrogen functional groups attached to an aromatic ring is 1. The quantitative estimate of drug-likeness (QED) is 0.781. The Hall–Kier alpha value is -1.87. The van der Waals surface area contributed by atoms with Crippen LogP contribution >= 0.6 is 0 Å². The highest BCUT2D eigenvalue weighted by atomic mass is 19.1. The van der Waals surface area contributed by atoms with E-state index in [1.165, 1.54) is 6.07 Å². The highest BCUT2D eigenvalue weighted by Gasteiger charge is 2.11. The first kappa shape index (κ1) is 11.6. The molecule has 0 fully saturated rings. The fourth-order valence-electron chi connectivity index (χ4n) is 1.65. The van der Waals surface area contributed by atoms with Crippen molar-refractivity contribution < 1.29 is 9.50 Å². The first-order valence-corrected chi connectivity index (χ1v) is 5.37. The average Bonchev–Trinajstić information content (AvgIpc) is 2.33. The molecule has 0 aliphatic carbocycles. The summed E-state index contributed by atoms with van der Waals surface area (Å²) in [4.78, 5) is 0. The molecule has 3 N–H and O–H groups in total. The fourth-order valence-corrected chi connectivity index (χ4v) is 1.65. The van der Waals surface area contributed by atoms with E-state index in [1.54, 1.807) is 43.3 Å². The molecule has 0 aromatic heterocycles. The van der Waals surface area contributed by atoms with Crippen molar-refractivity contribution in [1.82, 2.24) is 0 Å². The lowest BCUT2D eigenvalue weighted by molar-refractivity contribution is 0.220. The molecule has 0 amide bonds. The summed E-state index contributed by atoms with van der Waals surface area (Å²) in [5, 5.41) is 10.1. The molecule has 1 atom stereocenters. The molecule has 17 heavy (non-hydrogen) atoms. The van der Waals surface area contributed by atoms with Crippen molar-refractivity contribution in [2.24, 2.45) is 0 Å². The number of rotatable bonds is 2. The maximum absolute atomic E-state index is 13.4. The molecule has 88 valence electrons. The van der Waals surface area contributed by atoms with E-state index in [9.17, 15) is 9.50 Å². The Morgan fingerprint density at radius 3 is 2.24 bits per heavy atom. The van der Waals surface area contributed by atoms with Crippen molar-refractivity contribution in [3.63, 3.8) is 0 Å². The van der Waals surface area contributed by atoms with Gasteiger partial charge in [0.25, 0.3) is 0 Å². The molecule has 2 aromatic carbocycles. The number of anilines is 1. The summed E-state index contributed by atoms with van der Waals surface area (Å²) in [6.45, 7) is 1.69. The second kappa shape index (κ2) is 4.55. The summed E-state index contributed by atoms with van der Waals surface area (Å²) in [5.41, 5.74) is 8.01. The third-order valence-corrected chi connectivity index (χ3v) is 2.76. The number of hydrogen-bond acceptors (Lipinski definition) is 2. The van der Waals surface area contributed by atoms with Gasteiger partial charge < -0.3 is 10.8 Å². The second-order valence-electron chi connectivity index (χ2n) is 4.08. The van der Waals surface area contributed by atoms with Gasteiger partial charge in [0, 0.05) is 5.69 Å². The maximum atomic E-state index is 13.4. The summed E-state index contributed by atoms with van der Waals surface area (Å²) in [7, 11) is 0. The lowest BCUT2D eigenvalue weighted by atomic mass is 10.00. The summed E-state index contributed by atoms with van der Waals surface area (Å²) in [6, 6.07) is 11.6. The second-order valence-corrected chi connectivity index (χ2v) is 4.08. The lowest BCUT2D eigenvalue weighted by Crippen LogP contribution is -2.01. The van der Waals surface area contributed by atoms with Crippen LogP contribution in [-0.2, 0) is 0 Å². The molecule has 0 saturated heterocycles. The molecule has 0 radical (unpaired) electrons. The summed E-state index contributed by atoms with van der Waals surface area (Å²) >= 11 is 0. The van der Waals surface area contributed by atoms with Gasteiger partial charge in [-0.15, -0.1) is 0 Å². The van der Waals surface area contributed by atoms with Crippen molar-refractivity contribution in [3.05, 3.63) is 65.0 Å². The molecule has 0 bridgehead atoms. The van der Waals surface area contributed by atoms with E-state index >= 15 is 0 Å². The zero-order valence-electron chi connectivity index (χ0n) is 9.52. The predicted molar refractivity (Wildman–Crippen MR) is 66.1 cm³/mol. The summed E-state index contributed by atoms with van der Waals surface area (Å²) in [5.74, 6) is -0.308. The Morgan fingerprint density at radius 2 is 1.65 bits per heavy atom. The minimum Gasteiger partial charge on any atom is -0.399 e. The molecule has 0 saturated carbocycles. The van der Waals surface area contributed by atoms with E-state index in [-0.39, 0.29) is 5.82 Å². The highest BCUT2D eigenvalue weighted by Crippen LogP contribution is 2.24. The lowest BCUT2D eigenvalue weighted by Gasteiger charge is -2.12. The van der Waals surface area contributed by atoms with Gasteiger partial charge in [-0.25, -0.2) is 4.39 Å². The van der Waals surface area contributed by atoms with Gasteiger partial charge in [-0.1, -0.05) is 24.3 Å². The van der Waals surface area contributed by atoms with Gasteiger partial charge in [0.15, 0.2) is 0 Å². The Kier molecular flexibility index (Phi) is 3.11. The molecule has 0 spiro atoms. The Morgan fingerprint density at radius 1 is 1.06 bits per heavy atom. The van der Waals surface area contributed by atoms with Crippen LogP contribution in [0.5, 0.6) is 0 Å². The van der Waals surface area contributed by atoms with Crippen LogP contribution in [0.15, 0.2) is 42.5 Å². The van der Waals surface area contributed by atoms with Gasteiger partial charge in [-0.05, 0) is 41.8 Å². The van der Waals surface area contributed by atoms with Crippen LogP contribution in [0.4, 0.5) is 10.1 Å². The van der Waals surface area contributed by atoms with Crippen molar-refractivity contribution in [2.45, 2.75) is 13.0 Å². The smallest absolute Gasteiger partial charge is 0.126 e. The molecule has 1 unspecified atom stereocenters. The number of aryl methyl sites for hydroxylation is 1. The standard InChI is InChI=1S/C14H14FNO/c1-9-2-3-11(8-13(9)15)14(17)10-4-6-12(16)7-5-10/h2-8,14,17H,16H2,1H3. The SMILES string of the molecule is Cc1ccc(C(O)c2ccc(N)cc2)cc1F. The minimum atomic E-state index is -0.828. The van der Waals surface area contributed by atoms with Gasteiger partial charge in [-0.2, -0.15) is 0 Å². The molecular formula is C14H14FNO. The third kappa shape index (κ3) is 2.45. The molecule has 2 rings (SSSR count). The molecule has 0 heterocycles. The van der Waals surface area contributed by atoms with Gasteiger partial charge in [-0.3, -0.25) is 0 Å². The number of halogens is 1. The normalized spacial score (nSPS) is 12.4. The summed E-state index contributed by atoms with van der Waals surface area (Å²) < 4.78 is 13.4. The largest absolute Gasteiger partial charge is 0.399 e. The molecule has 2 aromatic rings. The average molecular weight is 231 g/mol. The first-order valence-electron chi connectivity index (χ1n) is 5.37. The van der Waals surface area contributed by atoms with Crippen LogP contribution in [-0.4, -0.2) is 5.11 Å². The van der Waals surface area contributed by atoms with Crippen LogP contribution in [0.1, 0.15) is 22.8 Å². The number of nitrogens with two attached hydrogens (primary N) is 1. The zero-order valence-corrected chi connectivity index (χ0v) is 9.52. The number of aliphatic hydroxyl groups is 1. The molecule has 0 aliphatic rings. The first-order chi connectivity index (χ1) is 8.08. The molecule has 2 nitrogen and oxygen atoms in total. The maximum Gasteiger partial charge on any atom is 0.126 e. The highest BCUT2D eigenvalue weighted by molar-refractivity contribution is 5.42. The Balaban J connectivity index is 2.33.